The molecule has 1 aromatic heterocycles. The van der Waals surface area contributed by atoms with E-state index in [0.29, 0.717) is 5.56 Å². The van der Waals surface area contributed by atoms with Gasteiger partial charge in [-0.05, 0) is 36.4 Å². The lowest BCUT2D eigenvalue weighted by Crippen LogP contribution is -1.99. The van der Waals surface area contributed by atoms with Crippen molar-refractivity contribution in [2.24, 2.45) is 4.99 Å². The van der Waals surface area contributed by atoms with Gasteiger partial charge in [-0.2, -0.15) is 0 Å². The molecule has 5 heteroatoms. The summed E-state index contributed by atoms with van der Waals surface area (Å²) in [6, 6.07) is 10.6. The molecule has 92 valence electrons. The van der Waals surface area contributed by atoms with Crippen LogP contribution in [0, 0.1) is 0 Å². The highest BCUT2D eigenvalue weighted by molar-refractivity contribution is 7.17. The number of carbonyl (C=O) groups excluding carboxylic acids is 1. The van der Waals surface area contributed by atoms with Crippen LogP contribution in [0.4, 0.5) is 5.69 Å². The first-order chi connectivity index (χ1) is 8.69. The van der Waals surface area contributed by atoms with Gasteiger partial charge in [0.1, 0.15) is 0 Å². The molecule has 3 nitrogen and oxygen atoms in total. The van der Waals surface area contributed by atoms with E-state index in [4.69, 9.17) is 11.6 Å². The van der Waals surface area contributed by atoms with E-state index >= 15 is 0 Å². The summed E-state index contributed by atoms with van der Waals surface area (Å²) in [7, 11) is 1.36. The standard InChI is InChI=1S/C13H10ClNO2S/c1-17-13(16)9-2-4-10(5-3-9)15-8-11-6-7-12(14)18-11/h2-8H,1H3. The number of nitrogens with zero attached hydrogens (tertiary/aromatic N) is 1. The molecule has 1 heterocycles. The minimum atomic E-state index is -0.351. The second-order valence-corrected chi connectivity index (χ2v) is 5.19. The minimum absolute atomic E-state index is 0.351. The van der Waals surface area contributed by atoms with Gasteiger partial charge in [-0.25, -0.2) is 4.79 Å². The van der Waals surface area contributed by atoms with Crippen LogP contribution in [0.2, 0.25) is 4.34 Å². The molecule has 0 aliphatic carbocycles. The van der Waals surface area contributed by atoms with Crippen LogP contribution in [-0.4, -0.2) is 19.3 Å². The van der Waals surface area contributed by atoms with E-state index in [-0.39, 0.29) is 5.97 Å². The molecule has 0 radical (unpaired) electrons. The Bertz CT molecular complexity index is 575. The maximum atomic E-state index is 11.2. The maximum absolute atomic E-state index is 11.2. The fourth-order valence-electron chi connectivity index (χ4n) is 1.34. The summed E-state index contributed by atoms with van der Waals surface area (Å²) in [5, 5.41) is 0. The Balaban J connectivity index is 2.11. The summed E-state index contributed by atoms with van der Waals surface area (Å²) < 4.78 is 5.35. The highest BCUT2D eigenvalue weighted by Crippen LogP contribution is 2.21. The van der Waals surface area contributed by atoms with Crippen LogP contribution in [0.1, 0.15) is 15.2 Å². The summed E-state index contributed by atoms with van der Waals surface area (Å²) in [5.41, 5.74) is 1.28. The van der Waals surface area contributed by atoms with Crippen molar-refractivity contribution in [1.29, 1.82) is 0 Å². The Morgan fingerprint density at radius 3 is 2.56 bits per heavy atom. The van der Waals surface area contributed by atoms with Crippen LogP contribution >= 0.6 is 22.9 Å². The molecule has 2 aromatic rings. The van der Waals surface area contributed by atoms with Gasteiger partial charge in [0.2, 0.25) is 0 Å². The fourth-order valence-corrected chi connectivity index (χ4v) is 2.27. The van der Waals surface area contributed by atoms with Crippen molar-refractivity contribution in [1.82, 2.24) is 0 Å². The number of rotatable bonds is 3. The zero-order valence-corrected chi connectivity index (χ0v) is 11.2. The molecule has 0 saturated carbocycles. The average Bonchev–Trinajstić information content (AvgIpc) is 2.82. The van der Waals surface area contributed by atoms with Crippen molar-refractivity contribution in [3.8, 4) is 0 Å². The molecular weight excluding hydrogens is 270 g/mol. The van der Waals surface area contributed by atoms with Gasteiger partial charge in [0, 0.05) is 11.1 Å². The monoisotopic (exact) mass is 279 g/mol. The lowest BCUT2D eigenvalue weighted by molar-refractivity contribution is 0.0601. The molecule has 1 aromatic carbocycles. The number of esters is 1. The normalized spacial score (nSPS) is 10.8. The third-order valence-electron chi connectivity index (χ3n) is 2.22. The Labute approximate surface area is 114 Å². The second kappa shape index (κ2) is 5.80. The number of hydrogen-bond acceptors (Lipinski definition) is 4. The molecule has 0 spiro atoms. The number of hydrogen-bond donors (Lipinski definition) is 0. The fraction of sp³-hybridized carbons (Fsp3) is 0.0769. The number of ether oxygens (including phenoxy) is 1. The lowest BCUT2D eigenvalue weighted by Gasteiger charge is -1.98. The Hall–Kier alpha value is -1.65. The van der Waals surface area contributed by atoms with Crippen LogP contribution in [0.5, 0.6) is 0 Å². The van der Waals surface area contributed by atoms with Gasteiger partial charge >= 0.3 is 5.97 Å². The van der Waals surface area contributed by atoms with E-state index in [2.05, 4.69) is 9.73 Å². The predicted molar refractivity (Wildman–Crippen MR) is 74.4 cm³/mol. The molecule has 0 bridgehead atoms. The molecule has 0 aliphatic heterocycles. The van der Waals surface area contributed by atoms with Crippen LogP contribution in [0.3, 0.4) is 0 Å². The molecule has 0 amide bonds. The minimum Gasteiger partial charge on any atom is -0.465 e. The van der Waals surface area contributed by atoms with E-state index in [1.165, 1.54) is 18.4 Å². The van der Waals surface area contributed by atoms with Crippen LogP contribution < -0.4 is 0 Å². The van der Waals surface area contributed by atoms with E-state index in [0.717, 1.165) is 14.9 Å². The second-order valence-electron chi connectivity index (χ2n) is 3.44. The zero-order valence-electron chi connectivity index (χ0n) is 9.59. The van der Waals surface area contributed by atoms with E-state index in [1.807, 2.05) is 12.1 Å². The van der Waals surface area contributed by atoms with Crippen LogP contribution in [-0.2, 0) is 4.74 Å². The number of benzene rings is 1. The third kappa shape index (κ3) is 3.18. The molecule has 0 unspecified atom stereocenters. The van der Waals surface area contributed by atoms with Crippen molar-refractivity contribution in [3.63, 3.8) is 0 Å². The van der Waals surface area contributed by atoms with Crippen molar-refractivity contribution in [3.05, 3.63) is 51.2 Å². The molecular formula is C13H10ClNO2S. The summed E-state index contributed by atoms with van der Waals surface area (Å²) in [6.07, 6.45) is 1.74. The van der Waals surface area contributed by atoms with E-state index in [1.54, 1.807) is 30.5 Å². The number of thiophene rings is 1. The molecule has 0 N–H and O–H groups in total. The predicted octanol–water partition coefficient (Wildman–Crippen LogP) is 3.94. The highest BCUT2D eigenvalue weighted by atomic mass is 35.5. The Morgan fingerprint density at radius 1 is 1.28 bits per heavy atom. The van der Waals surface area contributed by atoms with Crippen molar-refractivity contribution >= 4 is 40.8 Å². The molecule has 0 saturated heterocycles. The number of methoxy groups -OCH3 is 1. The number of halogens is 1. The first-order valence-corrected chi connectivity index (χ1v) is 6.36. The van der Waals surface area contributed by atoms with Gasteiger partial charge in [-0.15, -0.1) is 11.3 Å². The SMILES string of the molecule is COC(=O)c1ccc(N=Cc2ccc(Cl)s2)cc1. The van der Waals surface area contributed by atoms with Gasteiger partial charge in [0.25, 0.3) is 0 Å². The Morgan fingerprint density at radius 2 is 2.00 bits per heavy atom. The first kappa shape index (κ1) is 12.8. The maximum Gasteiger partial charge on any atom is 0.337 e. The molecule has 2 rings (SSSR count). The van der Waals surface area contributed by atoms with Gasteiger partial charge in [-0.1, -0.05) is 11.6 Å². The van der Waals surface area contributed by atoms with E-state index < -0.39 is 0 Å². The summed E-state index contributed by atoms with van der Waals surface area (Å²) in [5.74, 6) is -0.351. The largest absolute Gasteiger partial charge is 0.465 e. The van der Waals surface area contributed by atoms with E-state index in [9.17, 15) is 4.79 Å². The summed E-state index contributed by atoms with van der Waals surface area (Å²) >= 11 is 7.28. The summed E-state index contributed by atoms with van der Waals surface area (Å²) in [4.78, 5) is 16.5. The van der Waals surface area contributed by atoms with Gasteiger partial charge in [0.05, 0.1) is 22.7 Å². The summed E-state index contributed by atoms with van der Waals surface area (Å²) in [6.45, 7) is 0. The Kier molecular flexibility index (Phi) is 4.12. The topological polar surface area (TPSA) is 38.7 Å². The van der Waals surface area contributed by atoms with Crippen LogP contribution in [0.15, 0.2) is 41.4 Å². The third-order valence-corrected chi connectivity index (χ3v) is 3.39. The highest BCUT2D eigenvalue weighted by Gasteiger charge is 2.03. The van der Waals surface area contributed by atoms with Crippen molar-refractivity contribution in [2.75, 3.05) is 7.11 Å². The number of carbonyl (C=O) groups is 1. The molecule has 0 aliphatic rings. The lowest BCUT2D eigenvalue weighted by atomic mass is 10.2. The van der Waals surface area contributed by atoms with Gasteiger partial charge < -0.3 is 4.74 Å². The molecule has 0 fully saturated rings. The quantitative estimate of drug-likeness (QED) is 0.630. The van der Waals surface area contributed by atoms with Gasteiger partial charge in [0.15, 0.2) is 0 Å². The molecule has 18 heavy (non-hydrogen) atoms. The first-order valence-electron chi connectivity index (χ1n) is 5.17. The van der Waals surface area contributed by atoms with Gasteiger partial charge in [-0.3, -0.25) is 4.99 Å². The van der Waals surface area contributed by atoms with Crippen molar-refractivity contribution in [2.45, 2.75) is 0 Å². The smallest absolute Gasteiger partial charge is 0.337 e. The van der Waals surface area contributed by atoms with Crippen LogP contribution in [0.25, 0.3) is 0 Å². The zero-order chi connectivity index (χ0) is 13.0. The average molecular weight is 280 g/mol. The van der Waals surface area contributed by atoms with Crippen molar-refractivity contribution < 1.29 is 9.53 Å². The number of aliphatic imine (C=N–C) groups is 1. The molecule has 0 atom stereocenters.